The van der Waals surface area contributed by atoms with Crippen LogP contribution in [0.2, 0.25) is 0 Å². The zero-order valence-electron chi connectivity index (χ0n) is 20.7. The van der Waals surface area contributed by atoms with Crippen molar-refractivity contribution in [2.75, 3.05) is 12.4 Å². The van der Waals surface area contributed by atoms with Crippen molar-refractivity contribution in [3.63, 3.8) is 0 Å². The number of ether oxygens (including phenoxy) is 2. The number of amides is 1. The number of fused-ring (bicyclic) bond motifs is 1. The summed E-state index contributed by atoms with van der Waals surface area (Å²) >= 11 is 1.59. The molecule has 10 heteroatoms. The maximum absolute atomic E-state index is 12.0. The van der Waals surface area contributed by atoms with Crippen molar-refractivity contribution in [1.29, 1.82) is 0 Å². The number of thiazole rings is 1. The van der Waals surface area contributed by atoms with Gasteiger partial charge in [-0.25, -0.2) is 19.4 Å². The third kappa shape index (κ3) is 5.67. The number of hydrogen-bond donors (Lipinski definition) is 2. The third-order valence-corrected chi connectivity index (χ3v) is 6.67. The smallest absolute Gasteiger partial charge is 0.407 e. The summed E-state index contributed by atoms with van der Waals surface area (Å²) in [4.78, 5) is 21.2. The predicted octanol–water partition coefficient (Wildman–Crippen LogP) is 5.30. The third-order valence-electron chi connectivity index (χ3n) is 5.69. The van der Waals surface area contributed by atoms with Gasteiger partial charge in [0.25, 0.3) is 0 Å². The quantitative estimate of drug-likeness (QED) is 0.467. The number of hydrogen-bond acceptors (Lipinski definition) is 8. The molecule has 2 atom stereocenters. The Morgan fingerprint density at radius 3 is 2.79 bits per heavy atom. The molecule has 0 radical (unpaired) electrons. The van der Waals surface area contributed by atoms with Crippen LogP contribution in [0.4, 0.5) is 16.4 Å². The summed E-state index contributed by atoms with van der Waals surface area (Å²) in [6.07, 6.45) is 3.96. The highest BCUT2D eigenvalue weighted by molar-refractivity contribution is 7.18. The van der Waals surface area contributed by atoms with E-state index in [0.29, 0.717) is 6.61 Å². The van der Waals surface area contributed by atoms with Gasteiger partial charge >= 0.3 is 6.09 Å². The van der Waals surface area contributed by atoms with Gasteiger partial charge in [-0.05, 0) is 53.9 Å². The van der Waals surface area contributed by atoms with E-state index in [4.69, 9.17) is 14.6 Å². The van der Waals surface area contributed by atoms with E-state index in [9.17, 15) is 4.79 Å². The highest BCUT2D eigenvalue weighted by Crippen LogP contribution is 2.38. The van der Waals surface area contributed by atoms with Gasteiger partial charge in [0.15, 0.2) is 0 Å². The zero-order valence-corrected chi connectivity index (χ0v) is 21.5. The van der Waals surface area contributed by atoms with E-state index >= 15 is 0 Å². The van der Waals surface area contributed by atoms with Gasteiger partial charge in [0, 0.05) is 37.4 Å². The number of carbonyl (C=O) groups excluding carboxylic acids is 1. The molecule has 184 valence electrons. The first-order valence-corrected chi connectivity index (χ1v) is 12.5. The minimum Gasteiger partial charge on any atom is -0.446 e. The van der Waals surface area contributed by atoms with Crippen molar-refractivity contribution >= 4 is 39.3 Å². The van der Waals surface area contributed by atoms with Gasteiger partial charge in [-0.1, -0.05) is 0 Å². The maximum atomic E-state index is 12.0. The summed E-state index contributed by atoms with van der Waals surface area (Å²) in [6.45, 7) is 10.7. The number of rotatable bonds is 7. The van der Waals surface area contributed by atoms with E-state index in [1.807, 2.05) is 30.8 Å². The Balaban J connectivity index is 1.52. The van der Waals surface area contributed by atoms with Gasteiger partial charge in [0.1, 0.15) is 22.7 Å². The second kappa shape index (κ2) is 9.87. The van der Waals surface area contributed by atoms with Crippen molar-refractivity contribution in [2.45, 2.75) is 84.1 Å². The number of methoxy groups -OCH3 is 1. The Morgan fingerprint density at radius 1 is 1.29 bits per heavy atom. The molecule has 4 rings (SSSR count). The highest BCUT2D eigenvalue weighted by atomic mass is 32.1. The standard InChI is InChI=1S/C24H34N6O3S/c1-14(2)26-23(31)33-16-8-7-15(9-16)17-11-21(30(29-17)24(3,4)5)28-20-10-18-19(12-25-20)34-22(27-18)13-32-6/h10-12,14-16H,7-9,13H2,1-6H3,(H,25,28)(H,26,31)/t15-,16+/m1/s1. The topological polar surface area (TPSA) is 103 Å². The van der Waals surface area contributed by atoms with Crippen LogP contribution in [0.1, 0.15) is 70.5 Å². The summed E-state index contributed by atoms with van der Waals surface area (Å²) < 4.78 is 13.8. The van der Waals surface area contributed by atoms with Crippen LogP contribution in [-0.4, -0.2) is 45.1 Å². The number of aromatic nitrogens is 4. The molecular formula is C24H34N6O3S. The van der Waals surface area contributed by atoms with Crippen molar-refractivity contribution in [3.8, 4) is 0 Å². The monoisotopic (exact) mass is 486 g/mol. The fourth-order valence-electron chi connectivity index (χ4n) is 4.20. The Morgan fingerprint density at radius 2 is 2.09 bits per heavy atom. The second-order valence-corrected chi connectivity index (χ2v) is 11.2. The van der Waals surface area contributed by atoms with Gasteiger partial charge in [0.2, 0.25) is 0 Å². The first kappa shape index (κ1) is 24.4. The number of pyridine rings is 1. The van der Waals surface area contributed by atoms with Crippen LogP contribution in [0.15, 0.2) is 18.3 Å². The molecule has 9 nitrogen and oxygen atoms in total. The molecule has 0 bridgehead atoms. The molecular weight excluding hydrogens is 452 g/mol. The lowest BCUT2D eigenvalue weighted by molar-refractivity contribution is 0.0981. The molecule has 1 aliphatic carbocycles. The van der Waals surface area contributed by atoms with E-state index in [1.165, 1.54) is 0 Å². The number of nitrogens with one attached hydrogen (secondary N) is 2. The van der Waals surface area contributed by atoms with E-state index in [-0.39, 0.29) is 29.7 Å². The van der Waals surface area contributed by atoms with Crippen LogP contribution in [0, 0.1) is 0 Å². The lowest BCUT2D eigenvalue weighted by Crippen LogP contribution is -2.33. The lowest BCUT2D eigenvalue weighted by Gasteiger charge is -2.22. The van der Waals surface area contributed by atoms with Crippen molar-refractivity contribution < 1.29 is 14.3 Å². The summed E-state index contributed by atoms with van der Waals surface area (Å²) in [6, 6.07) is 4.11. The molecule has 0 unspecified atom stereocenters. The molecule has 1 fully saturated rings. The Labute approximate surface area is 204 Å². The number of anilines is 2. The van der Waals surface area contributed by atoms with Gasteiger partial charge in [-0.3, -0.25) is 0 Å². The molecule has 0 saturated heterocycles. The summed E-state index contributed by atoms with van der Waals surface area (Å²) in [5.41, 5.74) is 1.68. The molecule has 2 N–H and O–H groups in total. The number of nitrogens with zero attached hydrogens (tertiary/aromatic N) is 4. The predicted molar refractivity (Wildman–Crippen MR) is 134 cm³/mol. The van der Waals surface area contributed by atoms with E-state index in [0.717, 1.165) is 51.8 Å². The summed E-state index contributed by atoms with van der Waals surface area (Å²) in [5.74, 6) is 1.84. The molecule has 3 aromatic rings. The average Bonchev–Trinajstić information content (AvgIpc) is 3.45. The molecule has 1 amide bonds. The number of carbonyl (C=O) groups is 1. The second-order valence-electron chi connectivity index (χ2n) is 10.1. The van der Waals surface area contributed by atoms with Gasteiger partial charge in [-0.15, -0.1) is 11.3 Å². The van der Waals surface area contributed by atoms with E-state index < -0.39 is 0 Å². The Bertz CT molecular complexity index is 1150. The molecule has 1 saturated carbocycles. The van der Waals surface area contributed by atoms with E-state index in [2.05, 4.69) is 47.4 Å². The van der Waals surface area contributed by atoms with Gasteiger partial charge in [0.05, 0.1) is 28.1 Å². The molecule has 0 aliphatic heterocycles. The van der Waals surface area contributed by atoms with Crippen LogP contribution in [0.5, 0.6) is 0 Å². The summed E-state index contributed by atoms with van der Waals surface area (Å²) in [7, 11) is 1.67. The van der Waals surface area contributed by atoms with Gasteiger partial charge in [-0.2, -0.15) is 5.10 Å². The average molecular weight is 487 g/mol. The first-order valence-electron chi connectivity index (χ1n) is 11.7. The van der Waals surface area contributed by atoms with Crippen LogP contribution in [0.25, 0.3) is 10.2 Å². The van der Waals surface area contributed by atoms with Crippen LogP contribution in [-0.2, 0) is 21.6 Å². The minimum atomic E-state index is -0.347. The van der Waals surface area contributed by atoms with E-state index in [1.54, 1.807) is 18.4 Å². The van der Waals surface area contributed by atoms with Gasteiger partial charge < -0.3 is 20.1 Å². The van der Waals surface area contributed by atoms with Crippen molar-refractivity contribution in [2.24, 2.45) is 0 Å². The minimum absolute atomic E-state index is 0.0597. The molecule has 1 aliphatic rings. The fourth-order valence-corrected chi connectivity index (χ4v) is 5.09. The molecule has 3 aromatic heterocycles. The fraction of sp³-hybridized carbons (Fsp3) is 0.583. The van der Waals surface area contributed by atoms with Crippen LogP contribution < -0.4 is 10.6 Å². The molecule has 34 heavy (non-hydrogen) atoms. The number of alkyl carbamates (subject to hydrolysis) is 1. The SMILES string of the molecule is COCc1nc2cc(Nc3cc([C@@H]4CC[C@H](OC(=O)NC(C)C)C4)nn3C(C)(C)C)ncc2s1. The maximum Gasteiger partial charge on any atom is 0.407 e. The lowest BCUT2D eigenvalue weighted by atomic mass is 10.0. The largest absolute Gasteiger partial charge is 0.446 e. The Hall–Kier alpha value is -2.72. The highest BCUT2D eigenvalue weighted by Gasteiger charge is 2.32. The zero-order chi connectivity index (χ0) is 24.5. The molecule has 0 aromatic carbocycles. The van der Waals surface area contributed by atoms with Crippen LogP contribution >= 0.6 is 11.3 Å². The first-order chi connectivity index (χ1) is 16.1. The molecule has 0 spiro atoms. The van der Waals surface area contributed by atoms with Crippen LogP contribution in [0.3, 0.4) is 0 Å². The van der Waals surface area contributed by atoms with Crippen molar-refractivity contribution in [1.82, 2.24) is 25.1 Å². The Kier molecular flexibility index (Phi) is 7.09. The van der Waals surface area contributed by atoms with Crippen molar-refractivity contribution in [3.05, 3.63) is 29.0 Å². The summed E-state index contributed by atoms with van der Waals surface area (Å²) in [5, 5.41) is 12.1. The normalized spacial score (nSPS) is 18.6. The molecule has 3 heterocycles.